The van der Waals surface area contributed by atoms with Crippen LogP contribution in [0.15, 0.2) is 47.1 Å². The number of nitrogens with two attached hydrogens (primary N) is 2. The van der Waals surface area contributed by atoms with Crippen LogP contribution in [0, 0.1) is 0 Å². The van der Waals surface area contributed by atoms with Crippen LogP contribution in [0.3, 0.4) is 0 Å². The minimum Gasteiger partial charge on any atom is -0.490 e. The molecule has 1 aromatic carbocycles. The highest BCUT2D eigenvalue weighted by Crippen LogP contribution is 2.10. The van der Waals surface area contributed by atoms with Gasteiger partial charge in [-0.1, -0.05) is 12.7 Å². The molecule has 0 atom stereocenters. The third-order valence-corrected chi connectivity index (χ3v) is 1.63. The van der Waals surface area contributed by atoms with E-state index in [9.17, 15) is 0 Å². The molecule has 0 saturated heterocycles. The van der Waals surface area contributed by atoms with Gasteiger partial charge in [-0.2, -0.15) is 5.10 Å². The Balaban J connectivity index is 2.60. The van der Waals surface area contributed by atoms with E-state index >= 15 is 0 Å². The van der Waals surface area contributed by atoms with E-state index < -0.39 is 0 Å². The molecule has 16 heavy (non-hydrogen) atoms. The Bertz CT molecular complexity index is 391. The Hall–Kier alpha value is -2.30. The molecule has 5 nitrogen and oxygen atoms in total. The Morgan fingerprint density at radius 3 is 2.56 bits per heavy atom. The molecule has 0 amide bonds. The Morgan fingerprint density at radius 1 is 1.31 bits per heavy atom. The van der Waals surface area contributed by atoms with E-state index in [0.717, 1.165) is 11.3 Å². The van der Waals surface area contributed by atoms with E-state index in [1.807, 2.05) is 24.3 Å². The lowest BCUT2D eigenvalue weighted by Gasteiger charge is -2.02. The number of hydrogen-bond donors (Lipinski definition) is 2. The first-order valence-corrected chi connectivity index (χ1v) is 4.68. The molecule has 0 aliphatic heterocycles. The van der Waals surface area contributed by atoms with Crippen molar-refractivity contribution in [1.29, 1.82) is 0 Å². The van der Waals surface area contributed by atoms with Crippen LogP contribution in [0.2, 0.25) is 0 Å². The van der Waals surface area contributed by atoms with Crippen molar-refractivity contribution in [1.82, 2.24) is 0 Å². The van der Waals surface area contributed by atoms with Crippen molar-refractivity contribution < 1.29 is 4.74 Å². The molecule has 0 unspecified atom stereocenters. The summed E-state index contributed by atoms with van der Waals surface area (Å²) in [6.07, 6.45) is 3.24. The number of rotatable bonds is 5. The van der Waals surface area contributed by atoms with Gasteiger partial charge >= 0.3 is 0 Å². The monoisotopic (exact) mass is 218 g/mol. The van der Waals surface area contributed by atoms with Gasteiger partial charge in [0.05, 0.1) is 6.21 Å². The third kappa shape index (κ3) is 4.28. The van der Waals surface area contributed by atoms with Crippen molar-refractivity contribution in [3.05, 3.63) is 42.5 Å². The SMILES string of the molecule is C=CCOc1ccc(/C=N\N=C(N)N)cc1. The van der Waals surface area contributed by atoms with Gasteiger partial charge in [-0.15, -0.1) is 5.10 Å². The van der Waals surface area contributed by atoms with Gasteiger partial charge in [0.15, 0.2) is 0 Å². The molecule has 5 heteroatoms. The van der Waals surface area contributed by atoms with Gasteiger partial charge in [-0.25, -0.2) is 0 Å². The second kappa shape index (κ2) is 6.23. The maximum atomic E-state index is 5.32. The summed E-state index contributed by atoms with van der Waals surface area (Å²) < 4.78 is 5.32. The molecule has 1 aromatic rings. The quantitative estimate of drug-likeness (QED) is 0.332. The van der Waals surface area contributed by atoms with E-state index in [1.54, 1.807) is 12.3 Å². The largest absolute Gasteiger partial charge is 0.490 e. The third-order valence-electron chi connectivity index (χ3n) is 1.63. The van der Waals surface area contributed by atoms with Gasteiger partial charge in [-0.05, 0) is 29.8 Å². The molecule has 0 aromatic heterocycles. The van der Waals surface area contributed by atoms with Crippen LogP contribution in [-0.4, -0.2) is 18.8 Å². The predicted octanol–water partition coefficient (Wildman–Crippen LogP) is 0.859. The average molecular weight is 218 g/mol. The fourth-order valence-electron chi connectivity index (χ4n) is 0.967. The predicted molar refractivity (Wildman–Crippen MR) is 65.5 cm³/mol. The summed E-state index contributed by atoms with van der Waals surface area (Å²) >= 11 is 0. The standard InChI is InChI=1S/C11H14N4O/c1-2-7-16-10-5-3-9(4-6-10)8-14-15-11(12)13/h2-6,8H,1,7H2,(H4,12,13,15)/b14-8-. The van der Waals surface area contributed by atoms with Crippen molar-refractivity contribution in [3.63, 3.8) is 0 Å². The number of benzene rings is 1. The molecule has 0 radical (unpaired) electrons. The first-order chi connectivity index (χ1) is 7.72. The summed E-state index contributed by atoms with van der Waals surface area (Å²) in [5, 5.41) is 7.18. The van der Waals surface area contributed by atoms with E-state index in [1.165, 1.54) is 0 Å². The highest BCUT2D eigenvalue weighted by atomic mass is 16.5. The van der Waals surface area contributed by atoms with Crippen molar-refractivity contribution in [3.8, 4) is 5.75 Å². The van der Waals surface area contributed by atoms with Crippen molar-refractivity contribution in [2.45, 2.75) is 0 Å². The molecular formula is C11H14N4O. The summed E-state index contributed by atoms with van der Waals surface area (Å²) in [6.45, 7) is 4.05. The van der Waals surface area contributed by atoms with Crippen LogP contribution in [0.25, 0.3) is 0 Å². The maximum Gasteiger partial charge on any atom is 0.211 e. The normalized spacial score (nSPS) is 10.0. The van der Waals surface area contributed by atoms with Crippen LogP contribution in [0.4, 0.5) is 0 Å². The zero-order chi connectivity index (χ0) is 11.8. The van der Waals surface area contributed by atoms with E-state index in [2.05, 4.69) is 16.8 Å². The highest BCUT2D eigenvalue weighted by molar-refractivity contribution is 5.81. The van der Waals surface area contributed by atoms with Crippen LogP contribution in [0.1, 0.15) is 5.56 Å². The molecule has 4 N–H and O–H groups in total. The smallest absolute Gasteiger partial charge is 0.211 e. The summed E-state index contributed by atoms with van der Waals surface area (Å²) in [5.74, 6) is 0.709. The van der Waals surface area contributed by atoms with Crippen LogP contribution >= 0.6 is 0 Å². The molecule has 0 saturated carbocycles. The zero-order valence-electron chi connectivity index (χ0n) is 8.84. The molecule has 84 valence electrons. The fraction of sp³-hybridized carbons (Fsp3) is 0.0909. The molecule has 0 fully saturated rings. The maximum absolute atomic E-state index is 5.32. The van der Waals surface area contributed by atoms with E-state index in [-0.39, 0.29) is 5.96 Å². The molecule has 0 spiro atoms. The number of hydrogen-bond acceptors (Lipinski definition) is 3. The highest BCUT2D eigenvalue weighted by Gasteiger charge is 1.91. The van der Waals surface area contributed by atoms with Gasteiger partial charge in [0.2, 0.25) is 5.96 Å². The average Bonchev–Trinajstić information content (AvgIpc) is 2.27. The molecule has 0 aliphatic rings. The van der Waals surface area contributed by atoms with Crippen LogP contribution < -0.4 is 16.2 Å². The lowest BCUT2D eigenvalue weighted by molar-refractivity contribution is 0.363. The van der Waals surface area contributed by atoms with Crippen molar-refractivity contribution in [2.75, 3.05) is 6.61 Å². The Labute approximate surface area is 94.1 Å². The molecule has 1 rings (SSSR count). The number of ether oxygens (including phenoxy) is 1. The summed E-state index contributed by atoms with van der Waals surface area (Å²) in [6, 6.07) is 7.37. The number of nitrogens with zero attached hydrogens (tertiary/aromatic N) is 2. The first kappa shape index (κ1) is 11.8. The fourth-order valence-corrected chi connectivity index (χ4v) is 0.967. The minimum absolute atomic E-state index is 0.0674. The second-order valence-electron chi connectivity index (χ2n) is 2.94. The minimum atomic E-state index is -0.0674. The molecule has 0 bridgehead atoms. The Morgan fingerprint density at radius 2 is 2.00 bits per heavy atom. The van der Waals surface area contributed by atoms with Gasteiger partial charge in [0, 0.05) is 0 Å². The molecule has 0 heterocycles. The zero-order valence-corrected chi connectivity index (χ0v) is 8.84. The lowest BCUT2D eigenvalue weighted by atomic mass is 10.2. The van der Waals surface area contributed by atoms with Gasteiger partial charge in [-0.3, -0.25) is 0 Å². The summed E-state index contributed by atoms with van der Waals surface area (Å²) in [7, 11) is 0. The van der Waals surface area contributed by atoms with Crippen LogP contribution in [0.5, 0.6) is 5.75 Å². The first-order valence-electron chi connectivity index (χ1n) is 4.68. The molecular weight excluding hydrogens is 204 g/mol. The van der Waals surface area contributed by atoms with Crippen molar-refractivity contribution >= 4 is 12.2 Å². The lowest BCUT2D eigenvalue weighted by Crippen LogP contribution is -2.21. The topological polar surface area (TPSA) is 86.0 Å². The van der Waals surface area contributed by atoms with Gasteiger partial charge in [0.1, 0.15) is 12.4 Å². The number of guanidine groups is 1. The van der Waals surface area contributed by atoms with E-state index in [0.29, 0.717) is 6.61 Å². The summed E-state index contributed by atoms with van der Waals surface area (Å²) in [4.78, 5) is 0. The van der Waals surface area contributed by atoms with Gasteiger partial charge < -0.3 is 16.2 Å². The van der Waals surface area contributed by atoms with Gasteiger partial charge in [0.25, 0.3) is 0 Å². The summed E-state index contributed by atoms with van der Waals surface area (Å²) in [5.41, 5.74) is 11.1. The second-order valence-corrected chi connectivity index (χ2v) is 2.94. The molecule has 0 aliphatic carbocycles. The van der Waals surface area contributed by atoms with E-state index in [4.69, 9.17) is 16.2 Å². The Kier molecular flexibility index (Phi) is 4.59. The van der Waals surface area contributed by atoms with Crippen molar-refractivity contribution in [2.24, 2.45) is 21.7 Å². The van der Waals surface area contributed by atoms with Crippen LogP contribution in [-0.2, 0) is 0 Å².